The third-order valence-corrected chi connectivity index (χ3v) is 6.88. The maximum absolute atomic E-state index is 13.2. The monoisotopic (exact) mass is 458 g/mol. The van der Waals surface area contributed by atoms with Crippen molar-refractivity contribution < 1.29 is 0 Å². The molecule has 0 radical (unpaired) electrons. The molecule has 176 valence electrons. The Kier molecular flexibility index (Phi) is 5.83. The Morgan fingerprint density at radius 1 is 0.824 bits per heavy atom. The van der Waals surface area contributed by atoms with Crippen LogP contribution in [0.1, 0.15) is 17.0 Å². The van der Waals surface area contributed by atoms with Gasteiger partial charge in [-0.05, 0) is 30.2 Å². The van der Waals surface area contributed by atoms with Crippen molar-refractivity contribution in [3.63, 3.8) is 0 Å². The van der Waals surface area contributed by atoms with E-state index in [0.717, 1.165) is 43.1 Å². The van der Waals surface area contributed by atoms with Crippen LogP contribution in [-0.4, -0.2) is 49.8 Å². The van der Waals surface area contributed by atoms with Crippen molar-refractivity contribution in [1.82, 2.24) is 23.6 Å². The zero-order valence-corrected chi connectivity index (χ0v) is 19.9. The number of imidazole rings is 1. The van der Waals surface area contributed by atoms with Crippen molar-refractivity contribution >= 4 is 16.9 Å². The Morgan fingerprint density at radius 3 is 2.21 bits per heavy atom. The number of piperazine rings is 1. The van der Waals surface area contributed by atoms with Gasteiger partial charge in [0.15, 0.2) is 11.2 Å². The minimum atomic E-state index is -0.360. The Balaban J connectivity index is 1.50. The number of hydrogen-bond donors (Lipinski definition) is 0. The molecule has 0 saturated carbocycles. The second kappa shape index (κ2) is 8.95. The normalized spacial score (nSPS) is 14.7. The van der Waals surface area contributed by atoms with E-state index in [1.54, 1.807) is 7.05 Å². The number of para-hydroxylation sites is 1. The van der Waals surface area contributed by atoms with E-state index in [2.05, 4.69) is 53.1 Å². The van der Waals surface area contributed by atoms with Gasteiger partial charge in [0, 0.05) is 52.5 Å². The SMILES string of the molecule is Cc1ccccc1Cn1c(CN2CCN(c3ccccc3)CC2)nc2c1c(=O)n(C)c(=O)n2C. The number of fused-ring (bicyclic) bond motifs is 1. The van der Waals surface area contributed by atoms with Gasteiger partial charge in [-0.2, -0.15) is 0 Å². The molecule has 0 N–H and O–H groups in total. The van der Waals surface area contributed by atoms with Crippen LogP contribution in [0.3, 0.4) is 0 Å². The van der Waals surface area contributed by atoms with Crippen LogP contribution in [0.15, 0.2) is 64.2 Å². The summed E-state index contributed by atoms with van der Waals surface area (Å²) in [6.45, 7) is 6.91. The summed E-state index contributed by atoms with van der Waals surface area (Å²) in [5.41, 5.74) is 3.79. The molecule has 1 fully saturated rings. The number of rotatable bonds is 5. The Bertz CT molecular complexity index is 1440. The van der Waals surface area contributed by atoms with E-state index in [0.29, 0.717) is 24.3 Å². The molecule has 1 aliphatic heterocycles. The predicted molar refractivity (Wildman–Crippen MR) is 134 cm³/mol. The topological polar surface area (TPSA) is 68.3 Å². The van der Waals surface area contributed by atoms with E-state index in [-0.39, 0.29) is 11.2 Å². The molecule has 8 heteroatoms. The van der Waals surface area contributed by atoms with Crippen LogP contribution in [0, 0.1) is 6.92 Å². The first-order valence-corrected chi connectivity index (χ1v) is 11.7. The first-order valence-electron chi connectivity index (χ1n) is 11.7. The van der Waals surface area contributed by atoms with Gasteiger partial charge in [-0.3, -0.25) is 18.8 Å². The lowest BCUT2D eigenvalue weighted by Gasteiger charge is -2.36. The molecule has 0 atom stereocenters. The number of anilines is 1. The molecule has 0 bridgehead atoms. The Labute approximate surface area is 198 Å². The fraction of sp³-hybridized carbons (Fsp3) is 0.346. The van der Waals surface area contributed by atoms with Gasteiger partial charge < -0.3 is 9.47 Å². The molecule has 3 heterocycles. The van der Waals surface area contributed by atoms with Crippen LogP contribution < -0.4 is 16.1 Å². The smallest absolute Gasteiger partial charge is 0.332 e. The fourth-order valence-electron chi connectivity index (χ4n) is 4.74. The number of nitrogens with zero attached hydrogens (tertiary/aromatic N) is 6. The highest BCUT2D eigenvalue weighted by Gasteiger charge is 2.23. The molecule has 8 nitrogen and oxygen atoms in total. The van der Waals surface area contributed by atoms with Gasteiger partial charge in [0.25, 0.3) is 5.56 Å². The maximum Gasteiger partial charge on any atom is 0.332 e. The zero-order valence-electron chi connectivity index (χ0n) is 19.9. The lowest BCUT2D eigenvalue weighted by Crippen LogP contribution is -2.46. The summed E-state index contributed by atoms with van der Waals surface area (Å²) in [6.07, 6.45) is 0. The molecule has 5 rings (SSSR count). The minimum absolute atomic E-state index is 0.306. The summed E-state index contributed by atoms with van der Waals surface area (Å²) < 4.78 is 4.64. The van der Waals surface area contributed by atoms with Crippen LogP contribution in [-0.2, 0) is 27.2 Å². The average Bonchev–Trinajstić information content (AvgIpc) is 3.21. The maximum atomic E-state index is 13.2. The average molecular weight is 459 g/mol. The Hall–Kier alpha value is -3.65. The van der Waals surface area contributed by atoms with Crippen LogP contribution in [0.4, 0.5) is 5.69 Å². The summed E-state index contributed by atoms with van der Waals surface area (Å²) in [6, 6.07) is 18.7. The van der Waals surface area contributed by atoms with Crippen LogP contribution >= 0.6 is 0 Å². The number of hydrogen-bond acceptors (Lipinski definition) is 5. The molecule has 0 amide bonds. The minimum Gasteiger partial charge on any atom is -0.369 e. The van der Waals surface area contributed by atoms with Crippen molar-refractivity contribution in [1.29, 1.82) is 0 Å². The quantitative estimate of drug-likeness (QED) is 0.458. The van der Waals surface area contributed by atoms with Gasteiger partial charge in [-0.25, -0.2) is 9.78 Å². The molecule has 4 aromatic rings. The van der Waals surface area contributed by atoms with Crippen molar-refractivity contribution in [3.8, 4) is 0 Å². The molecular weight excluding hydrogens is 428 g/mol. The van der Waals surface area contributed by atoms with Crippen LogP contribution in [0.25, 0.3) is 11.2 Å². The lowest BCUT2D eigenvalue weighted by molar-refractivity contribution is 0.241. The van der Waals surface area contributed by atoms with E-state index < -0.39 is 0 Å². The Morgan fingerprint density at radius 2 is 1.50 bits per heavy atom. The summed E-state index contributed by atoms with van der Waals surface area (Å²) in [5, 5.41) is 0. The largest absolute Gasteiger partial charge is 0.369 e. The highest BCUT2D eigenvalue weighted by atomic mass is 16.2. The van der Waals surface area contributed by atoms with Crippen molar-refractivity contribution in [2.75, 3.05) is 31.1 Å². The van der Waals surface area contributed by atoms with Crippen molar-refractivity contribution in [3.05, 3.63) is 92.4 Å². The summed E-state index contributed by atoms with van der Waals surface area (Å²) in [5.74, 6) is 0.810. The molecule has 34 heavy (non-hydrogen) atoms. The standard InChI is InChI=1S/C26H30N6O2/c1-19-9-7-8-10-20(19)17-32-22(27-24-23(32)25(33)29(3)26(34)28(24)2)18-30-13-15-31(16-14-30)21-11-5-4-6-12-21/h4-12H,13-18H2,1-3H3. The highest BCUT2D eigenvalue weighted by molar-refractivity contribution is 5.71. The first-order chi connectivity index (χ1) is 16.4. The van der Waals surface area contributed by atoms with Gasteiger partial charge >= 0.3 is 5.69 Å². The molecule has 1 aliphatic rings. The van der Waals surface area contributed by atoms with Crippen LogP contribution in [0.2, 0.25) is 0 Å². The highest BCUT2D eigenvalue weighted by Crippen LogP contribution is 2.20. The molecule has 0 unspecified atom stereocenters. The second-order valence-electron chi connectivity index (χ2n) is 9.02. The van der Waals surface area contributed by atoms with E-state index in [1.807, 2.05) is 22.8 Å². The van der Waals surface area contributed by atoms with Crippen molar-refractivity contribution in [2.45, 2.75) is 20.0 Å². The predicted octanol–water partition coefficient (Wildman–Crippen LogP) is 2.11. The van der Waals surface area contributed by atoms with E-state index in [4.69, 9.17) is 4.98 Å². The molecule has 1 saturated heterocycles. The summed E-state index contributed by atoms with van der Waals surface area (Å²) in [4.78, 5) is 35.3. The molecule has 2 aromatic heterocycles. The number of benzene rings is 2. The number of aryl methyl sites for hydroxylation is 2. The van der Waals surface area contributed by atoms with E-state index in [9.17, 15) is 9.59 Å². The number of aromatic nitrogens is 4. The molecule has 2 aromatic carbocycles. The van der Waals surface area contributed by atoms with Gasteiger partial charge in [-0.1, -0.05) is 42.5 Å². The lowest BCUT2D eigenvalue weighted by atomic mass is 10.1. The van der Waals surface area contributed by atoms with Gasteiger partial charge in [-0.15, -0.1) is 0 Å². The van der Waals surface area contributed by atoms with Gasteiger partial charge in [0.1, 0.15) is 5.82 Å². The van der Waals surface area contributed by atoms with E-state index >= 15 is 0 Å². The third kappa shape index (κ3) is 3.94. The van der Waals surface area contributed by atoms with Crippen molar-refractivity contribution in [2.24, 2.45) is 14.1 Å². The molecular formula is C26H30N6O2. The van der Waals surface area contributed by atoms with Gasteiger partial charge in [0.2, 0.25) is 0 Å². The second-order valence-corrected chi connectivity index (χ2v) is 9.02. The van der Waals surface area contributed by atoms with Crippen LogP contribution in [0.5, 0.6) is 0 Å². The summed E-state index contributed by atoms with van der Waals surface area (Å²) in [7, 11) is 3.20. The molecule has 0 aliphatic carbocycles. The molecule has 0 spiro atoms. The fourth-order valence-corrected chi connectivity index (χ4v) is 4.74. The van der Waals surface area contributed by atoms with Gasteiger partial charge in [0.05, 0.1) is 6.54 Å². The third-order valence-electron chi connectivity index (χ3n) is 6.88. The first kappa shape index (κ1) is 22.2. The zero-order chi connectivity index (χ0) is 23.8. The van der Waals surface area contributed by atoms with E-state index in [1.165, 1.54) is 21.9 Å². The summed E-state index contributed by atoms with van der Waals surface area (Å²) >= 11 is 0.